The van der Waals surface area contributed by atoms with Gasteiger partial charge >= 0.3 is 0 Å². The van der Waals surface area contributed by atoms with Crippen LogP contribution < -0.4 is 10.1 Å². The maximum Gasteiger partial charge on any atom is 0.120 e. The Morgan fingerprint density at radius 2 is 1.96 bits per heavy atom. The molecule has 0 aliphatic carbocycles. The number of benzene rings is 1. The van der Waals surface area contributed by atoms with Crippen molar-refractivity contribution in [3.05, 3.63) is 35.5 Å². The maximum atomic E-state index is 5.91. The van der Waals surface area contributed by atoms with Crippen LogP contribution in [0, 0.1) is 0 Å². The molecule has 1 aromatic carbocycles. The molecule has 0 spiro atoms. The molecule has 6 nitrogen and oxygen atoms in total. The molecule has 0 unspecified atom stereocenters. The van der Waals surface area contributed by atoms with Gasteiger partial charge < -0.3 is 19.7 Å². The highest BCUT2D eigenvalue weighted by Gasteiger charge is 2.19. The molecule has 0 atom stereocenters. The van der Waals surface area contributed by atoms with Crippen LogP contribution in [-0.4, -0.2) is 62.6 Å². The zero-order chi connectivity index (χ0) is 19.9. The fraction of sp³-hybridized carbons (Fsp3) is 0.571. The predicted octanol–water partition coefficient (Wildman–Crippen LogP) is 3.05. The van der Waals surface area contributed by atoms with Crippen molar-refractivity contribution < 1.29 is 9.47 Å². The molecule has 2 aromatic rings. The molecular weight excluding hydrogens is 340 g/mol. The van der Waals surface area contributed by atoms with Crippen molar-refractivity contribution in [2.45, 2.75) is 32.7 Å². The van der Waals surface area contributed by atoms with E-state index >= 15 is 0 Å². The molecule has 2 rings (SSSR count). The molecule has 0 bridgehead atoms. The van der Waals surface area contributed by atoms with Gasteiger partial charge in [-0.25, -0.2) is 0 Å². The van der Waals surface area contributed by atoms with Crippen molar-refractivity contribution in [1.82, 2.24) is 20.4 Å². The zero-order valence-corrected chi connectivity index (χ0v) is 17.6. The smallest absolute Gasteiger partial charge is 0.120 e. The first-order chi connectivity index (χ1) is 12.8. The van der Waals surface area contributed by atoms with Crippen molar-refractivity contribution in [3.63, 3.8) is 0 Å². The Bertz CT molecular complexity index is 706. The lowest BCUT2D eigenvalue weighted by Gasteiger charge is -2.22. The van der Waals surface area contributed by atoms with Crippen LogP contribution in [0.3, 0.4) is 0 Å². The van der Waals surface area contributed by atoms with Gasteiger partial charge in [0.25, 0.3) is 0 Å². The van der Waals surface area contributed by atoms with Crippen LogP contribution in [0.25, 0.3) is 11.3 Å². The summed E-state index contributed by atoms with van der Waals surface area (Å²) in [5.41, 5.74) is 4.49. The first-order valence-electron chi connectivity index (χ1n) is 9.48. The Hall–Kier alpha value is -1.89. The number of likely N-dealkylation sites (N-methyl/N-ethyl adjacent to an activating group) is 2. The monoisotopic (exact) mass is 374 g/mol. The Balaban J connectivity index is 2.31. The Kier molecular flexibility index (Phi) is 7.83. The molecule has 6 heteroatoms. The zero-order valence-electron chi connectivity index (χ0n) is 17.6. The lowest BCUT2D eigenvalue weighted by Crippen LogP contribution is -2.27. The Labute approximate surface area is 163 Å². The van der Waals surface area contributed by atoms with E-state index in [2.05, 4.69) is 66.4 Å². The summed E-state index contributed by atoms with van der Waals surface area (Å²) in [7, 11) is 5.78. The lowest BCUT2D eigenvalue weighted by molar-refractivity contribution is 0.146. The van der Waals surface area contributed by atoms with Gasteiger partial charge in [0, 0.05) is 44.1 Å². The summed E-state index contributed by atoms with van der Waals surface area (Å²) in [5.74, 6) is 0.854. The minimum Gasteiger partial charge on any atom is -0.491 e. The van der Waals surface area contributed by atoms with E-state index in [1.807, 2.05) is 13.2 Å². The van der Waals surface area contributed by atoms with Crippen molar-refractivity contribution in [2.24, 2.45) is 0 Å². The second-order valence-electron chi connectivity index (χ2n) is 7.94. The summed E-state index contributed by atoms with van der Waals surface area (Å²) in [5, 5.41) is 10.8. The van der Waals surface area contributed by atoms with Gasteiger partial charge in [-0.05, 0) is 43.3 Å². The molecular formula is C21H34N4O2. The largest absolute Gasteiger partial charge is 0.491 e. The minimum absolute atomic E-state index is 0.0232. The maximum absolute atomic E-state index is 5.91. The predicted molar refractivity (Wildman–Crippen MR) is 110 cm³/mol. The molecule has 0 aliphatic heterocycles. The van der Waals surface area contributed by atoms with Crippen LogP contribution in [0.1, 0.15) is 31.9 Å². The first kappa shape index (κ1) is 21.4. The summed E-state index contributed by atoms with van der Waals surface area (Å²) in [4.78, 5) is 2.29. The molecule has 1 heterocycles. The normalized spacial score (nSPS) is 12.0. The van der Waals surface area contributed by atoms with Gasteiger partial charge in [0.2, 0.25) is 0 Å². The average molecular weight is 375 g/mol. The van der Waals surface area contributed by atoms with Crippen LogP contribution in [0.4, 0.5) is 0 Å². The standard InChI is InChI=1S/C21H34N4O2/c1-21(2,3)18-11-16(12-19(13-18)27-10-9-26-6)20-17(14-23-24-20)15-25(5)8-7-22-4/h11-14,22H,7-10,15H2,1-6H3,(H,23,24). The fourth-order valence-electron chi connectivity index (χ4n) is 2.85. The van der Waals surface area contributed by atoms with E-state index in [1.54, 1.807) is 7.11 Å². The third kappa shape index (κ3) is 6.34. The average Bonchev–Trinajstić information content (AvgIpc) is 3.07. The van der Waals surface area contributed by atoms with Crippen molar-refractivity contribution in [2.75, 3.05) is 47.5 Å². The molecule has 0 amide bonds. The molecule has 27 heavy (non-hydrogen) atoms. The molecule has 0 saturated heterocycles. The molecule has 0 fully saturated rings. The van der Waals surface area contributed by atoms with Crippen molar-refractivity contribution >= 4 is 0 Å². The second kappa shape index (κ2) is 9.88. The summed E-state index contributed by atoms with van der Waals surface area (Å²) < 4.78 is 11.0. The molecule has 2 N–H and O–H groups in total. The van der Waals surface area contributed by atoms with E-state index < -0.39 is 0 Å². The van der Waals surface area contributed by atoms with Gasteiger partial charge in [-0.3, -0.25) is 5.10 Å². The van der Waals surface area contributed by atoms with E-state index in [0.717, 1.165) is 36.6 Å². The lowest BCUT2D eigenvalue weighted by atomic mass is 9.85. The number of nitrogens with one attached hydrogen (secondary N) is 2. The van der Waals surface area contributed by atoms with Gasteiger partial charge in [0.05, 0.1) is 12.3 Å². The number of H-pyrrole nitrogens is 1. The highest BCUT2D eigenvalue weighted by molar-refractivity contribution is 5.66. The number of rotatable bonds is 10. The second-order valence-corrected chi connectivity index (χ2v) is 7.94. The van der Waals surface area contributed by atoms with E-state index in [9.17, 15) is 0 Å². The SMILES string of the molecule is CNCCN(C)Cc1c[nH]nc1-c1cc(OCCOC)cc(C(C)(C)C)c1. The van der Waals surface area contributed by atoms with Gasteiger partial charge in [0.1, 0.15) is 12.4 Å². The third-order valence-corrected chi connectivity index (χ3v) is 4.51. The third-order valence-electron chi connectivity index (χ3n) is 4.51. The molecule has 0 aliphatic rings. The van der Waals surface area contributed by atoms with Crippen molar-refractivity contribution in [1.29, 1.82) is 0 Å². The summed E-state index contributed by atoms with van der Waals surface area (Å²) in [6, 6.07) is 6.40. The van der Waals surface area contributed by atoms with Crippen LogP contribution >= 0.6 is 0 Å². The minimum atomic E-state index is 0.0232. The van der Waals surface area contributed by atoms with E-state index in [-0.39, 0.29) is 5.41 Å². The van der Waals surface area contributed by atoms with E-state index in [1.165, 1.54) is 11.1 Å². The topological polar surface area (TPSA) is 62.4 Å². The number of hydrogen-bond acceptors (Lipinski definition) is 5. The first-order valence-corrected chi connectivity index (χ1v) is 9.48. The molecule has 0 radical (unpaired) electrons. The quantitative estimate of drug-likeness (QED) is 0.626. The van der Waals surface area contributed by atoms with Crippen LogP contribution in [0.15, 0.2) is 24.4 Å². The van der Waals surface area contributed by atoms with Gasteiger partial charge in [0.15, 0.2) is 0 Å². The number of methoxy groups -OCH3 is 1. The van der Waals surface area contributed by atoms with Gasteiger partial charge in [-0.1, -0.05) is 20.8 Å². The van der Waals surface area contributed by atoms with Crippen LogP contribution in [0.2, 0.25) is 0 Å². The van der Waals surface area contributed by atoms with E-state index in [0.29, 0.717) is 13.2 Å². The number of aromatic amines is 1. The van der Waals surface area contributed by atoms with Crippen molar-refractivity contribution in [3.8, 4) is 17.0 Å². The molecule has 0 saturated carbocycles. The number of ether oxygens (including phenoxy) is 2. The summed E-state index contributed by atoms with van der Waals surface area (Å²) in [6.07, 6.45) is 1.99. The highest BCUT2D eigenvalue weighted by atomic mass is 16.5. The highest BCUT2D eigenvalue weighted by Crippen LogP contribution is 2.33. The number of aromatic nitrogens is 2. The van der Waals surface area contributed by atoms with Gasteiger partial charge in [-0.15, -0.1) is 0 Å². The van der Waals surface area contributed by atoms with E-state index in [4.69, 9.17) is 9.47 Å². The molecule has 150 valence electrons. The summed E-state index contributed by atoms with van der Waals surface area (Å²) in [6.45, 7) is 10.5. The fourth-order valence-corrected chi connectivity index (χ4v) is 2.85. The number of nitrogens with zero attached hydrogens (tertiary/aromatic N) is 2. The number of hydrogen-bond donors (Lipinski definition) is 2. The Morgan fingerprint density at radius 3 is 2.63 bits per heavy atom. The Morgan fingerprint density at radius 1 is 1.19 bits per heavy atom. The van der Waals surface area contributed by atoms with Gasteiger partial charge in [-0.2, -0.15) is 5.10 Å². The van der Waals surface area contributed by atoms with Crippen LogP contribution in [0.5, 0.6) is 5.75 Å². The molecule has 1 aromatic heterocycles. The summed E-state index contributed by atoms with van der Waals surface area (Å²) >= 11 is 0. The van der Waals surface area contributed by atoms with Crippen LogP contribution in [-0.2, 0) is 16.7 Å².